The minimum Gasteiger partial charge on any atom is -0.0654 e. The maximum absolute atomic E-state index is 2.63. The average Bonchev–Trinajstić information content (AvgIpc) is 3.00. The van der Waals surface area contributed by atoms with Crippen LogP contribution in [0.25, 0.3) is 0 Å². The molecular weight excluding hydrogens is 504 g/mol. The highest BCUT2D eigenvalue weighted by atomic mass is 14.1. The van der Waals surface area contributed by atoms with Gasteiger partial charge in [0.25, 0.3) is 0 Å². The molecule has 0 N–H and O–H groups in total. The monoisotopic (exact) mass is 590 g/mol. The summed E-state index contributed by atoms with van der Waals surface area (Å²) in [6.45, 7) is 7.07. The van der Waals surface area contributed by atoms with Crippen molar-refractivity contribution in [3.8, 4) is 0 Å². The highest BCUT2D eigenvalue weighted by molar-refractivity contribution is 4.72. The molecule has 1 unspecified atom stereocenters. The van der Waals surface area contributed by atoms with E-state index in [-0.39, 0.29) is 0 Å². The van der Waals surface area contributed by atoms with E-state index in [4.69, 9.17) is 0 Å². The summed E-state index contributed by atoms with van der Waals surface area (Å²) >= 11 is 0. The Hall–Kier alpha value is 0. The van der Waals surface area contributed by atoms with E-state index in [1.165, 1.54) is 238 Å². The van der Waals surface area contributed by atoms with E-state index in [2.05, 4.69) is 27.2 Å². The average molecular weight is 590 g/mol. The third kappa shape index (κ3) is 38.0. The van der Waals surface area contributed by atoms with E-state index in [9.17, 15) is 0 Å². The van der Waals surface area contributed by atoms with Gasteiger partial charge in [0.1, 0.15) is 0 Å². The fourth-order valence-corrected chi connectivity index (χ4v) is 6.76. The second kappa shape index (κ2) is 39.0. The van der Waals surface area contributed by atoms with Crippen LogP contribution in [0.1, 0.15) is 258 Å². The van der Waals surface area contributed by atoms with Crippen LogP contribution in [0.15, 0.2) is 0 Å². The van der Waals surface area contributed by atoms with Crippen LogP contribution >= 0.6 is 0 Å². The van der Waals surface area contributed by atoms with E-state index in [0.29, 0.717) is 0 Å². The Morgan fingerprint density at radius 1 is 0.286 bits per heavy atom. The molecule has 0 rings (SSSR count). The maximum atomic E-state index is 2.63. The van der Waals surface area contributed by atoms with Gasteiger partial charge in [0, 0.05) is 0 Å². The van der Waals surface area contributed by atoms with Crippen molar-refractivity contribution in [3.05, 3.63) is 6.42 Å². The summed E-state index contributed by atoms with van der Waals surface area (Å²) in [6, 6.07) is 0. The molecule has 0 heteroatoms. The molecule has 0 aliphatic rings. The SMILES string of the molecule is CCCCCCCCCCCCCCCCCCCCCCCCCCC[CH]C(C)CCCCCCCCCCCC. The predicted octanol–water partition coefficient (Wildman–Crippen LogP) is 16.3. The number of hydrogen-bond acceptors (Lipinski definition) is 0. The second-order valence-electron chi connectivity index (χ2n) is 14.5. The molecule has 253 valence electrons. The standard InChI is InChI=1S/C42H85/c1-4-6-8-10-12-14-16-17-18-19-20-21-22-23-24-25-26-27-28-29-30-31-33-35-37-39-41-42(3)40-38-36-34-32-15-13-11-9-7-5-2/h41-42H,4-40H2,1-3H3. The minimum atomic E-state index is 0.841. The highest BCUT2D eigenvalue weighted by Crippen LogP contribution is 2.19. The third-order valence-electron chi connectivity index (χ3n) is 9.89. The quantitative estimate of drug-likeness (QED) is 0.0628. The predicted molar refractivity (Wildman–Crippen MR) is 196 cm³/mol. The van der Waals surface area contributed by atoms with Crippen LogP contribution in [0, 0.1) is 12.3 Å². The van der Waals surface area contributed by atoms with Gasteiger partial charge < -0.3 is 0 Å². The van der Waals surface area contributed by atoms with Crippen molar-refractivity contribution in [1.29, 1.82) is 0 Å². The van der Waals surface area contributed by atoms with E-state index in [0.717, 1.165) is 5.92 Å². The lowest BCUT2D eigenvalue weighted by Crippen LogP contribution is -1.96. The van der Waals surface area contributed by atoms with E-state index in [1.807, 2.05) is 0 Å². The van der Waals surface area contributed by atoms with E-state index < -0.39 is 0 Å². The Morgan fingerprint density at radius 3 is 0.762 bits per heavy atom. The summed E-state index contributed by atoms with van der Waals surface area (Å²) in [7, 11) is 0. The molecule has 0 saturated carbocycles. The van der Waals surface area contributed by atoms with Gasteiger partial charge in [0.05, 0.1) is 0 Å². The van der Waals surface area contributed by atoms with Crippen molar-refractivity contribution in [2.45, 2.75) is 258 Å². The molecule has 1 radical (unpaired) electrons. The summed E-state index contributed by atoms with van der Waals surface area (Å²) in [5, 5.41) is 0. The van der Waals surface area contributed by atoms with Gasteiger partial charge in [-0.2, -0.15) is 0 Å². The van der Waals surface area contributed by atoms with Gasteiger partial charge >= 0.3 is 0 Å². The highest BCUT2D eigenvalue weighted by Gasteiger charge is 2.03. The smallest absolute Gasteiger partial charge is 0.0358 e. The molecule has 0 nitrogen and oxygen atoms in total. The number of rotatable bonds is 38. The summed E-state index contributed by atoms with van der Waals surface area (Å²) < 4.78 is 0. The van der Waals surface area contributed by atoms with Crippen molar-refractivity contribution in [3.63, 3.8) is 0 Å². The first-order valence-electron chi connectivity index (χ1n) is 20.6. The summed E-state index contributed by atoms with van der Waals surface area (Å²) in [6.07, 6.45) is 56.9. The Morgan fingerprint density at radius 2 is 0.500 bits per heavy atom. The molecule has 0 aliphatic heterocycles. The summed E-state index contributed by atoms with van der Waals surface area (Å²) in [5.74, 6) is 0.841. The normalized spacial score (nSPS) is 12.4. The van der Waals surface area contributed by atoms with Crippen LogP contribution in [0.4, 0.5) is 0 Å². The molecule has 42 heavy (non-hydrogen) atoms. The zero-order chi connectivity index (χ0) is 30.4. The summed E-state index contributed by atoms with van der Waals surface area (Å²) in [4.78, 5) is 0. The molecule has 0 bridgehead atoms. The van der Waals surface area contributed by atoms with Crippen molar-refractivity contribution in [1.82, 2.24) is 0 Å². The molecule has 0 saturated heterocycles. The Labute approximate surface area is 270 Å². The van der Waals surface area contributed by atoms with Crippen molar-refractivity contribution in [2.24, 2.45) is 5.92 Å². The molecule has 0 spiro atoms. The van der Waals surface area contributed by atoms with Crippen LogP contribution in [0.3, 0.4) is 0 Å². The van der Waals surface area contributed by atoms with Gasteiger partial charge in [-0.1, -0.05) is 252 Å². The molecule has 0 aromatic carbocycles. The van der Waals surface area contributed by atoms with Crippen molar-refractivity contribution in [2.75, 3.05) is 0 Å². The van der Waals surface area contributed by atoms with Gasteiger partial charge in [-0.05, 0) is 18.8 Å². The van der Waals surface area contributed by atoms with Crippen molar-refractivity contribution >= 4 is 0 Å². The lowest BCUT2D eigenvalue weighted by atomic mass is 9.95. The lowest BCUT2D eigenvalue weighted by Gasteiger charge is -2.10. The number of hydrogen-bond donors (Lipinski definition) is 0. The molecule has 0 heterocycles. The van der Waals surface area contributed by atoms with Crippen LogP contribution in [-0.2, 0) is 0 Å². The van der Waals surface area contributed by atoms with Crippen molar-refractivity contribution < 1.29 is 0 Å². The first kappa shape index (κ1) is 42.0. The van der Waals surface area contributed by atoms with Crippen LogP contribution < -0.4 is 0 Å². The Kier molecular flexibility index (Phi) is 39.0. The molecular formula is C42H85. The number of unbranched alkanes of at least 4 members (excludes halogenated alkanes) is 34. The maximum Gasteiger partial charge on any atom is -0.0358 e. The van der Waals surface area contributed by atoms with Gasteiger partial charge in [0.15, 0.2) is 0 Å². The van der Waals surface area contributed by atoms with Crippen LogP contribution in [-0.4, -0.2) is 0 Å². The van der Waals surface area contributed by atoms with E-state index >= 15 is 0 Å². The largest absolute Gasteiger partial charge is 0.0654 e. The molecule has 1 atom stereocenters. The van der Waals surface area contributed by atoms with E-state index in [1.54, 1.807) is 0 Å². The lowest BCUT2D eigenvalue weighted by molar-refractivity contribution is 0.496. The Balaban J connectivity index is 3.11. The molecule has 0 amide bonds. The second-order valence-corrected chi connectivity index (χ2v) is 14.5. The van der Waals surface area contributed by atoms with Gasteiger partial charge in [-0.25, -0.2) is 0 Å². The zero-order valence-corrected chi connectivity index (χ0v) is 30.3. The molecule has 0 aromatic rings. The first-order valence-corrected chi connectivity index (χ1v) is 20.6. The molecule has 0 fully saturated rings. The van der Waals surface area contributed by atoms with Gasteiger partial charge in [-0.3, -0.25) is 0 Å². The van der Waals surface area contributed by atoms with Gasteiger partial charge in [-0.15, -0.1) is 0 Å². The molecule has 0 aliphatic carbocycles. The van der Waals surface area contributed by atoms with Gasteiger partial charge in [0.2, 0.25) is 0 Å². The zero-order valence-electron chi connectivity index (χ0n) is 30.3. The summed E-state index contributed by atoms with van der Waals surface area (Å²) in [5.41, 5.74) is 0. The first-order chi connectivity index (χ1) is 20.8. The third-order valence-corrected chi connectivity index (χ3v) is 9.89. The molecule has 0 aromatic heterocycles. The minimum absolute atomic E-state index is 0.841. The fourth-order valence-electron chi connectivity index (χ4n) is 6.76. The topological polar surface area (TPSA) is 0 Å². The van der Waals surface area contributed by atoms with Crippen LogP contribution in [0.5, 0.6) is 0 Å². The Bertz CT molecular complexity index is 439. The fraction of sp³-hybridized carbons (Fsp3) is 0.976. The van der Waals surface area contributed by atoms with Crippen LogP contribution in [0.2, 0.25) is 0 Å².